The van der Waals surface area contributed by atoms with Crippen molar-refractivity contribution < 1.29 is 9.53 Å². The molecule has 4 aromatic rings. The monoisotopic (exact) mass is 513 g/mol. The molecule has 1 amide bonds. The van der Waals surface area contributed by atoms with Crippen LogP contribution in [0.5, 0.6) is 5.75 Å². The third kappa shape index (κ3) is 6.46. The second kappa shape index (κ2) is 11.4. The third-order valence-corrected chi connectivity index (χ3v) is 6.75. The van der Waals surface area contributed by atoms with Crippen molar-refractivity contribution >= 4 is 23.4 Å². The number of hydrogen-bond donors (Lipinski definition) is 1. The van der Waals surface area contributed by atoms with E-state index in [0.717, 1.165) is 28.4 Å². The topological polar surface area (TPSA) is 81.4 Å². The number of nitrogens with zero attached hydrogens (tertiary/aromatic N) is 4. The standard InChI is InChI=1S/C29H31N5O2S/c1-20(22-10-9-13-25(18-22)36-5)30-31-26(35)19-37-28-33-32-27(34(28)24-11-7-6-8-12-24)21-14-16-23(17-15-21)29(2,3)4/h6-18H,19H2,1-5H3,(H,31,35). The summed E-state index contributed by atoms with van der Waals surface area (Å²) in [5.41, 5.74) is 7.39. The first-order valence-corrected chi connectivity index (χ1v) is 13.0. The molecule has 0 radical (unpaired) electrons. The van der Waals surface area contributed by atoms with Gasteiger partial charge in [-0.15, -0.1) is 10.2 Å². The summed E-state index contributed by atoms with van der Waals surface area (Å²) in [7, 11) is 1.62. The number of hydrogen-bond acceptors (Lipinski definition) is 6. The lowest BCUT2D eigenvalue weighted by Crippen LogP contribution is -2.21. The van der Waals surface area contributed by atoms with E-state index >= 15 is 0 Å². The van der Waals surface area contributed by atoms with Gasteiger partial charge in [-0.3, -0.25) is 9.36 Å². The second-order valence-corrected chi connectivity index (χ2v) is 10.5. The number of methoxy groups -OCH3 is 1. The number of hydrazone groups is 1. The van der Waals surface area contributed by atoms with Crippen LogP contribution < -0.4 is 10.2 Å². The molecular formula is C29H31N5O2S. The highest BCUT2D eigenvalue weighted by Gasteiger charge is 2.19. The van der Waals surface area contributed by atoms with Crippen molar-refractivity contribution in [2.24, 2.45) is 5.10 Å². The highest BCUT2D eigenvalue weighted by Crippen LogP contribution is 2.30. The molecule has 0 unspecified atom stereocenters. The van der Waals surface area contributed by atoms with Crippen LogP contribution in [0.2, 0.25) is 0 Å². The van der Waals surface area contributed by atoms with Gasteiger partial charge < -0.3 is 4.74 Å². The van der Waals surface area contributed by atoms with E-state index in [9.17, 15) is 4.79 Å². The van der Waals surface area contributed by atoms with E-state index in [1.807, 2.05) is 66.1 Å². The molecule has 0 aliphatic rings. The normalized spacial score (nSPS) is 11.9. The molecule has 0 aliphatic carbocycles. The van der Waals surface area contributed by atoms with E-state index in [2.05, 4.69) is 65.8 Å². The molecule has 1 aromatic heterocycles. The molecule has 0 fully saturated rings. The van der Waals surface area contributed by atoms with Crippen molar-refractivity contribution in [1.82, 2.24) is 20.2 Å². The zero-order valence-corrected chi connectivity index (χ0v) is 22.5. The summed E-state index contributed by atoms with van der Waals surface area (Å²) >= 11 is 1.31. The lowest BCUT2D eigenvalue weighted by Gasteiger charge is -2.19. The van der Waals surface area contributed by atoms with Crippen molar-refractivity contribution in [3.05, 3.63) is 90.0 Å². The Morgan fingerprint density at radius 3 is 2.41 bits per heavy atom. The van der Waals surface area contributed by atoms with Gasteiger partial charge in [0, 0.05) is 16.8 Å². The lowest BCUT2D eigenvalue weighted by molar-refractivity contribution is -0.118. The quantitative estimate of drug-likeness (QED) is 0.181. The van der Waals surface area contributed by atoms with Crippen LogP contribution in [0, 0.1) is 0 Å². The summed E-state index contributed by atoms with van der Waals surface area (Å²) in [6, 6.07) is 25.8. The minimum Gasteiger partial charge on any atom is -0.497 e. The summed E-state index contributed by atoms with van der Waals surface area (Å²) in [5, 5.41) is 13.8. The van der Waals surface area contributed by atoms with Gasteiger partial charge in [-0.1, -0.05) is 87.1 Å². The number of nitrogens with one attached hydrogen (secondary N) is 1. The van der Waals surface area contributed by atoms with Gasteiger partial charge in [0.2, 0.25) is 0 Å². The zero-order valence-electron chi connectivity index (χ0n) is 21.7. The van der Waals surface area contributed by atoms with Gasteiger partial charge in [-0.05, 0) is 42.2 Å². The molecule has 8 heteroatoms. The van der Waals surface area contributed by atoms with Crippen molar-refractivity contribution in [2.75, 3.05) is 12.9 Å². The average Bonchev–Trinajstić information content (AvgIpc) is 3.34. The summed E-state index contributed by atoms with van der Waals surface area (Å²) in [4.78, 5) is 12.6. The Labute approximate surface area is 222 Å². The van der Waals surface area contributed by atoms with Gasteiger partial charge in [-0.25, -0.2) is 5.43 Å². The SMILES string of the molecule is COc1cccc(C(C)=NNC(=O)CSc2nnc(-c3ccc(C(C)(C)C)cc3)n2-c2ccccc2)c1. The van der Waals surface area contributed by atoms with E-state index in [-0.39, 0.29) is 17.1 Å². The van der Waals surface area contributed by atoms with Crippen molar-refractivity contribution in [3.8, 4) is 22.8 Å². The second-order valence-electron chi connectivity index (χ2n) is 9.56. The first kappa shape index (κ1) is 26.2. The fraction of sp³-hybridized carbons (Fsp3) is 0.241. The molecule has 0 aliphatic heterocycles. The number of amides is 1. The summed E-state index contributed by atoms with van der Waals surface area (Å²) in [6.45, 7) is 8.41. The Kier molecular flexibility index (Phi) is 8.08. The Morgan fingerprint density at radius 2 is 1.73 bits per heavy atom. The van der Waals surface area contributed by atoms with Crippen LogP contribution in [0.25, 0.3) is 17.1 Å². The van der Waals surface area contributed by atoms with Gasteiger partial charge >= 0.3 is 0 Å². The predicted molar refractivity (Wildman–Crippen MR) is 150 cm³/mol. The molecule has 0 saturated carbocycles. The molecule has 37 heavy (non-hydrogen) atoms. The average molecular weight is 514 g/mol. The smallest absolute Gasteiger partial charge is 0.250 e. The fourth-order valence-corrected chi connectivity index (χ4v) is 4.45. The van der Waals surface area contributed by atoms with Gasteiger partial charge in [0.05, 0.1) is 18.6 Å². The van der Waals surface area contributed by atoms with Gasteiger partial charge in [0.15, 0.2) is 11.0 Å². The van der Waals surface area contributed by atoms with E-state index in [1.54, 1.807) is 7.11 Å². The summed E-state index contributed by atoms with van der Waals surface area (Å²) < 4.78 is 7.24. The first-order chi connectivity index (χ1) is 17.8. The highest BCUT2D eigenvalue weighted by molar-refractivity contribution is 7.99. The number of ether oxygens (including phenoxy) is 1. The maximum absolute atomic E-state index is 12.6. The van der Waals surface area contributed by atoms with Crippen LogP contribution in [0.3, 0.4) is 0 Å². The maximum Gasteiger partial charge on any atom is 0.250 e. The summed E-state index contributed by atoms with van der Waals surface area (Å²) in [6.07, 6.45) is 0. The molecule has 0 spiro atoms. The molecule has 0 atom stereocenters. The molecule has 190 valence electrons. The van der Waals surface area contributed by atoms with E-state index < -0.39 is 0 Å². The molecule has 1 N–H and O–H groups in total. The van der Waals surface area contributed by atoms with Crippen molar-refractivity contribution in [3.63, 3.8) is 0 Å². The Balaban J connectivity index is 1.52. The van der Waals surface area contributed by atoms with Crippen LogP contribution in [0.1, 0.15) is 38.8 Å². The van der Waals surface area contributed by atoms with Crippen molar-refractivity contribution in [1.29, 1.82) is 0 Å². The van der Waals surface area contributed by atoms with Crippen LogP contribution in [-0.2, 0) is 10.2 Å². The minimum absolute atomic E-state index is 0.0629. The molecule has 3 aromatic carbocycles. The number of benzene rings is 3. The first-order valence-electron chi connectivity index (χ1n) is 12.0. The van der Waals surface area contributed by atoms with E-state index in [0.29, 0.717) is 10.9 Å². The van der Waals surface area contributed by atoms with Crippen molar-refractivity contribution in [2.45, 2.75) is 38.3 Å². The maximum atomic E-state index is 12.6. The van der Waals surface area contributed by atoms with Crippen LogP contribution in [0.15, 0.2) is 89.1 Å². The summed E-state index contributed by atoms with van der Waals surface area (Å²) in [5.74, 6) is 1.37. The Hall–Kier alpha value is -3.91. The fourth-order valence-electron chi connectivity index (χ4n) is 3.70. The molecule has 1 heterocycles. The third-order valence-electron chi connectivity index (χ3n) is 5.83. The Bertz CT molecular complexity index is 1390. The highest BCUT2D eigenvalue weighted by atomic mass is 32.2. The number of rotatable bonds is 8. The molecule has 7 nitrogen and oxygen atoms in total. The molecule has 4 rings (SSSR count). The number of carbonyl (C=O) groups is 1. The molecular weight excluding hydrogens is 482 g/mol. The van der Waals surface area contributed by atoms with E-state index in [1.165, 1.54) is 17.3 Å². The lowest BCUT2D eigenvalue weighted by atomic mass is 9.87. The molecule has 0 bridgehead atoms. The van der Waals surface area contributed by atoms with Gasteiger partial charge in [0.1, 0.15) is 5.75 Å². The van der Waals surface area contributed by atoms with Crippen LogP contribution in [0.4, 0.5) is 0 Å². The van der Waals surface area contributed by atoms with Gasteiger partial charge in [-0.2, -0.15) is 5.10 Å². The number of aromatic nitrogens is 3. The minimum atomic E-state index is -0.231. The van der Waals surface area contributed by atoms with Gasteiger partial charge in [0.25, 0.3) is 5.91 Å². The number of thioether (sulfide) groups is 1. The van der Waals surface area contributed by atoms with E-state index in [4.69, 9.17) is 4.74 Å². The molecule has 0 saturated heterocycles. The van der Waals surface area contributed by atoms with Crippen LogP contribution in [-0.4, -0.2) is 39.2 Å². The van der Waals surface area contributed by atoms with Crippen LogP contribution >= 0.6 is 11.8 Å². The Morgan fingerprint density at radius 1 is 1.00 bits per heavy atom. The predicted octanol–water partition coefficient (Wildman–Crippen LogP) is 5.87. The number of para-hydroxylation sites is 1. The zero-order chi connectivity index (χ0) is 26.4. The largest absolute Gasteiger partial charge is 0.497 e. The number of carbonyl (C=O) groups excluding carboxylic acids is 1.